The van der Waals surface area contributed by atoms with Crippen LogP contribution < -0.4 is 5.32 Å². The van der Waals surface area contributed by atoms with Gasteiger partial charge in [-0.3, -0.25) is 4.79 Å². The van der Waals surface area contributed by atoms with Gasteiger partial charge >= 0.3 is 5.97 Å². The quantitative estimate of drug-likeness (QED) is 0.784. The van der Waals surface area contributed by atoms with Crippen LogP contribution in [0.4, 0.5) is 0 Å². The number of carbonyl (C=O) groups excluding carboxylic acids is 2. The fraction of sp³-hybridized carbons (Fsp3) is 0.467. The van der Waals surface area contributed by atoms with Gasteiger partial charge in [-0.25, -0.2) is 4.79 Å². The number of carbonyl (C=O) groups is 2. The maximum Gasteiger partial charge on any atom is 0.328 e. The Hall–Kier alpha value is -1.49. The highest BCUT2D eigenvalue weighted by molar-refractivity contribution is 7.98. The second-order valence-corrected chi connectivity index (χ2v) is 5.37. The fourth-order valence-electron chi connectivity index (χ4n) is 1.76. The van der Waals surface area contributed by atoms with E-state index < -0.39 is 12.0 Å². The van der Waals surface area contributed by atoms with Crippen LogP contribution in [0.25, 0.3) is 0 Å². The van der Waals surface area contributed by atoms with Crippen LogP contribution in [0.1, 0.15) is 29.3 Å². The molecule has 0 unspecified atom stereocenters. The third-order valence-corrected chi connectivity index (χ3v) is 3.67. The average molecular weight is 295 g/mol. The Kier molecular flexibility index (Phi) is 7.15. The van der Waals surface area contributed by atoms with E-state index in [9.17, 15) is 9.59 Å². The lowest BCUT2D eigenvalue weighted by molar-refractivity contribution is -0.142. The zero-order chi connectivity index (χ0) is 15.0. The number of benzene rings is 1. The Morgan fingerprint density at radius 2 is 1.95 bits per heavy atom. The Morgan fingerprint density at radius 1 is 1.30 bits per heavy atom. The molecule has 1 atom stereocenters. The second kappa shape index (κ2) is 8.64. The lowest BCUT2D eigenvalue weighted by atomic mass is 10.1. The van der Waals surface area contributed by atoms with E-state index in [1.54, 1.807) is 23.9 Å². The van der Waals surface area contributed by atoms with Gasteiger partial charge in [0.2, 0.25) is 0 Å². The molecule has 1 N–H and O–H groups in total. The van der Waals surface area contributed by atoms with Crippen molar-refractivity contribution in [3.63, 3.8) is 0 Å². The molecule has 0 aliphatic rings. The first-order valence-electron chi connectivity index (χ1n) is 6.59. The molecule has 1 aromatic rings. The zero-order valence-electron chi connectivity index (χ0n) is 12.1. The second-order valence-electron chi connectivity index (χ2n) is 4.38. The van der Waals surface area contributed by atoms with Crippen molar-refractivity contribution in [1.82, 2.24) is 5.32 Å². The van der Waals surface area contributed by atoms with Crippen LogP contribution in [0.5, 0.6) is 0 Å². The molecule has 1 rings (SSSR count). The van der Waals surface area contributed by atoms with E-state index in [1.807, 2.05) is 18.4 Å². The molecule has 0 radical (unpaired) electrons. The highest BCUT2D eigenvalue weighted by atomic mass is 32.2. The van der Waals surface area contributed by atoms with Gasteiger partial charge in [0, 0.05) is 5.56 Å². The number of aryl methyl sites for hydroxylation is 1. The SMILES string of the molecule is CCc1ccc(C(=O)N[C@@H](CCSC)C(=O)OC)cc1. The molecule has 0 saturated carbocycles. The molecule has 0 aromatic heterocycles. The molecule has 0 spiro atoms. The molecule has 0 aliphatic carbocycles. The summed E-state index contributed by atoms with van der Waals surface area (Å²) >= 11 is 1.63. The Bertz CT molecular complexity index is 445. The highest BCUT2D eigenvalue weighted by Crippen LogP contribution is 2.07. The number of thioether (sulfide) groups is 1. The number of hydrogen-bond donors (Lipinski definition) is 1. The number of ether oxygens (including phenoxy) is 1. The first-order valence-corrected chi connectivity index (χ1v) is 7.98. The van der Waals surface area contributed by atoms with E-state index in [1.165, 1.54) is 12.7 Å². The normalized spacial score (nSPS) is 11.8. The number of amides is 1. The Labute approximate surface area is 124 Å². The molecule has 20 heavy (non-hydrogen) atoms. The molecule has 1 aromatic carbocycles. The molecule has 0 fully saturated rings. The van der Waals surface area contributed by atoms with Crippen LogP contribution in [-0.4, -0.2) is 37.0 Å². The Morgan fingerprint density at radius 3 is 2.45 bits per heavy atom. The first kappa shape index (κ1) is 16.6. The third kappa shape index (κ3) is 4.89. The summed E-state index contributed by atoms with van der Waals surface area (Å²) in [4.78, 5) is 23.8. The van der Waals surface area contributed by atoms with Crippen molar-refractivity contribution in [2.75, 3.05) is 19.1 Å². The average Bonchev–Trinajstić information content (AvgIpc) is 2.50. The minimum absolute atomic E-state index is 0.246. The predicted molar refractivity (Wildman–Crippen MR) is 82.1 cm³/mol. The van der Waals surface area contributed by atoms with E-state index >= 15 is 0 Å². The smallest absolute Gasteiger partial charge is 0.328 e. The van der Waals surface area contributed by atoms with Gasteiger partial charge in [0.05, 0.1) is 7.11 Å². The van der Waals surface area contributed by atoms with Gasteiger partial charge in [-0.2, -0.15) is 11.8 Å². The molecule has 110 valence electrons. The first-order chi connectivity index (χ1) is 9.62. The van der Waals surface area contributed by atoms with Gasteiger partial charge in [-0.1, -0.05) is 19.1 Å². The van der Waals surface area contributed by atoms with Crippen molar-refractivity contribution >= 4 is 23.6 Å². The van der Waals surface area contributed by atoms with Crippen LogP contribution in [0, 0.1) is 0 Å². The number of nitrogens with one attached hydrogen (secondary N) is 1. The molecular formula is C15H21NO3S. The summed E-state index contributed by atoms with van der Waals surface area (Å²) < 4.78 is 4.72. The van der Waals surface area contributed by atoms with Gasteiger partial charge in [-0.05, 0) is 42.5 Å². The topological polar surface area (TPSA) is 55.4 Å². The summed E-state index contributed by atoms with van der Waals surface area (Å²) in [7, 11) is 1.33. The van der Waals surface area contributed by atoms with Gasteiger partial charge in [0.1, 0.15) is 6.04 Å². The van der Waals surface area contributed by atoms with E-state index in [4.69, 9.17) is 4.74 Å². The summed E-state index contributed by atoms with van der Waals surface area (Å²) in [5.41, 5.74) is 1.73. The standard InChI is InChI=1S/C15H21NO3S/c1-4-11-5-7-12(8-6-11)14(17)16-13(9-10-20-3)15(18)19-2/h5-8,13H,4,9-10H2,1-3H3,(H,16,17)/t13-/m0/s1. The van der Waals surface area contributed by atoms with Crippen LogP contribution in [0.2, 0.25) is 0 Å². The van der Waals surface area contributed by atoms with Gasteiger partial charge in [-0.15, -0.1) is 0 Å². The molecule has 0 bridgehead atoms. The van der Waals surface area contributed by atoms with E-state index in [-0.39, 0.29) is 5.91 Å². The maximum absolute atomic E-state index is 12.1. The van der Waals surface area contributed by atoms with E-state index in [0.29, 0.717) is 12.0 Å². The minimum Gasteiger partial charge on any atom is -0.467 e. The summed E-state index contributed by atoms with van der Waals surface area (Å²) in [6.45, 7) is 2.06. The summed E-state index contributed by atoms with van der Waals surface area (Å²) in [5.74, 6) is 0.135. The van der Waals surface area contributed by atoms with Crippen molar-refractivity contribution < 1.29 is 14.3 Å². The number of rotatable bonds is 7. The molecule has 4 nitrogen and oxygen atoms in total. The number of hydrogen-bond acceptors (Lipinski definition) is 4. The van der Waals surface area contributed by atoms with Crippen molar-refractivity contribution in [2.45, 2.75) is 25.8 Å². The third-order valence-electron chi connectivity index (χ3n) is 3.03. The lowest BCUT2D eigenvalue weighted by Gasteiger charge is -2.16. The number of esters is 1. The maximum atomic E-state index is 12.1. The molecule has 1 amide bonds. The zero-order valence-corrected chi connectivity index (χ0v) is 13.0. The largest absolute Gasteiger partial charge is 0.467 e. The van der Waals surface area contributed by atoms with Crippen LogP contribution in [0.3, 0.4) is 0 Å². The molecular weight excluding hydrogens is 274 g/mol. The fourth-order valence-corrected chi connectivity index (χ4v) is 2.23. The van der Waals surface area contributed by atoms with E-state index in [0.717, 1.165) is 12.2 Å². The van der Waals surface area contributed by atoms with E-state index in [2.05, 4.69) is 12.2 Å². The summed E-state index contributed by atoms with van der Waals surface area (Å²) in [5, 5.41) is 2.73. The van der Waals surface area contributed by atoms with Crippen molar-refractivity contribution in [3.05, 3.63) is 35.4 Å². The van der Waals surface area contributed by atoms with Crippen molar-refractivity contribution in [1.29, 1.82) is 0 Å². The minimum atomic E-state index is -0.592. The molecule has 0 saturated heterocycles. The molecule has 0 heterocycles. The van der Waals surface area contributed by atoms with Crippen LogP contribution in [0.15, 0.2) is 24.3 Å². The van der Waals surface area contributed by atoms with Crippen LogP contribution in [-0.2, 0) is 16.0 Å². The highest BCUT2D eigenvalue weighted by Gasteiger charge is 2.21. The van der Waals surface area contributed by atoms with Gasteiger partial charge < -0.3 is 10.1 Å². The summed E-state index contributed by atoms with van der Waals surface area (Å²) in [6.07, 6.45) is 3.45. The molecule has 5 heteroatoms. The van der Waals surface area contributed by atoms with Gasteiger partial charge in [0.15, 0.2) is 0 Å². The van der Waals surface area contributed by atoms with Gasteiger partial charge in [0.25, 0.3) is 5.91 Å². The molecule has 0 aliphatic heterocycles. The van der Waals surface area contributed by atoms with Crippen molar-refractivity contribution in [3.8, 4) is 0 Å². The van der Waals surface area contributed by atoms with Crippen molar-refractivity contribution in [2.24, 2.45) is 0 Å². The Balaban J connectivity index is 2.70. The number of methoxy groups -OCH3 is 1. The predicted octanol–water partition coefficient (Wildman–Crippen LogP) is 2.27. The van der Waals surface area contributed by atoms with Crippen LogP contribution >= 0.6 is 11.8 Å². The summed E-state index contributed by atoms with van der Waals surface area (Å²) in [6, 6.07) is 6.80. The monoisotopic (exact) mass is 295 g/mol. The lowest BCUT2D eigenvalue weighted by Crippen LogP contribution is -2.41.